The number of aryl methyl sites for hydroxylation is 4. The highest BCUT2D eigenvalue weighted by Crippen LogP contribution is 2.66. The Labute approximate surface area is 278 Å². The zero-order chi connectivity index (χ0) is 33.0. The van der Waals surface area contributed by atoms with Crippen molar-refractivity contribution in [2.24, 2.45) is 0 Å². The first-order valence-corrected chi connectivity index (χ1v) is 16.8. The second-order valence-corrected chi connectivity index (χ2v) is 13.9. The maximum absolute atomic E-state index is 12.9. The van der Waals surface area contributed by atoms with Gasteiger partial charge in [0.15, 0.2) is 0 Å². The predicted octanol–water partition coefficient (Wildman–Crippen LogP) is 8.47. The van der Waals surface area contributed by atoms with Crippen LogP contribution in [-0.4, -0.2) is 22.4 Å². The van der Waals surface area contributed by atoms with Crippen molar-refractivity contribution in [2.75, 3.05) is 0 Å². The minimum atomic E-state index is -0.672. The van der Waals surface area contributed by atoms with Gasteiger partial charge >= 0.3 is 11.3 Å². The summed E-state index contributed by atoms with van der Waals surface area (Å²) in [6, 6.07) is 31.7. The number of fused-ring (bicyclic) bond motifs is 3. The molecule has 4 aromatic carbocycles. The first-order valence-electron chi connectivity index (χ1n) is 16.8. The Morgan fingerprint density at radius 2 is 1.15 bits per heavy atom. The van der Waals surface area contributed by atoms with E-state index in [2.05, 4.69) is 12.1 Å². The maximum atomic E-state index is 12.9. The lowest BCUT2D eigenvalue weighted by Gasteiger charge is -2.35. The van der Waals surface area contributed by atoms with E-state index in [9.17, 15) is 14.7 Å². The van der Waals surface area contributed by atoms with Gasteiger partial charge < -0.3 is 18.7 Å². The monoisotopic (exact) mass is 638 g/mol. The third-order valence-electron chi connectivity index (χ3n) is 10.5. The van der Waals surface area contributed by atoms with Gasteiger partial charge in [-0.3, -0.25) is 0 Å². The molecule has 2 saturated carbocycles. The molecule has 2 fully saturated rings. The average Bonchev–Trinajstić information content (AvgIpc) is 3.50. The summed E-state index contributed by atoms with van der Waals surface area (Å²) in [7, 11) is 0. The molecule has 2 unspecified atom stereocenters. The summed E-state index contributed by atoms with van der Waals surface area (Å²) in [6.45, 7) is 4.04. The van der Waals surface area contributed by atoms with Crippen molar-refractivity contribution in [1.82, 2.24) is 0 Å². The molecular formula is C42H38O6. The van der Waals surface area contributed by atoms with E-state index < -0.39 is 11.2 Å². The van der Waals surface area contributed by atoms with Crippen molar-refractivity contribution in [3.8, 4) is 22.3 Å². The summed E-state index contributed by atoms with van der Waals surface area (Å²) >= 11 is 0. The van der Waals surface area contributed by atoms with Crippen LogP contribution in [0, 0.1) is 13.8 Å². The van der Waals surface area contributed by atoms with Crippen LogP contribution in [0.2, 0.25) is 0 Å². The highest BCUT2D eigenvalue weighted by atomic mass is 16.5. The molecule has 6 aromatic rings. The quantitative estimate of drug-likeness (QED) is 0.151. The Kier molecular flexibility index (Phi) is 7.46. The molecule has 48 heavy (non-hydrogen) atoms. The van der Waals surface area contributed by atoms with Crippen LogP contribution in [0.5, 0.6) is 0 Å². The van der Waals surface area contributed by atoms with Crippen LogP contribution in [0.25, 0.3) is 44.2 Å². The van der Waals surface area contributed by atoms with Crippen LogP contribution in [0.15, 0.2) is 115 Å². The second kappa shape index (κ2) is 11.7. The number of ether oxygens (including phenoxy) is 1. The third kappa shape index (κ3) is 5.69. The lowest BCUT2D eigenvalue weighted by molar-refractivity contribution is -0.132. The summed E-state index contributed by atoms with van der Waals surface area (Å²) in [4.78, 5) is 25.8. The minimum Gasteiger partial charge on any atom is -0.422 e. The molecule has 0 aliphatic heterocycles. The van der Waals surface area contributed by atoms with Crippen LogP contribution < -0.4 is 11.3 Å². The topological polar surface area (TPSA) is 89.9 Å². The zero-order valence-corrected chi connectivity index (χ0v) is 27.3. The lowest BCUT2D eigenvalue weighted by atomic mass is 9.91. The molecule has 0 saturated heterocycles. The summed E-state index contributed by atoms with van der Waals surface area (Å²) in [5.41, 5.74) is 6.57. The molecule has 0 amide bonds. The van der Waals surface area contributed by atoms with Crippen molar-refractivity contribution in [2.45, 2.75) is 76.1 Å². The van der Waals surface area contributed by atoms with Crippen LogP contribution in [0.1, 0.15) is 54.4 Å². The van der Waals surface area contributed by atoms with Gasteiger partial charge in [-0.2, -0.15) is 0 Å². The van der Waals surface area contributed by atoms with E-state index in [1.807, 2.05) is 98.8 Å². The molecule has 242 valence electrons. The predicted molar refractivity (Wildman–Crippen MR) is 188 cm³/mol. The molecule has 2 heterocycles. The second-order valence-electron chi connectivity index (χ2n) is 13.9. The molecule has 0 spiro atoms. The number of benzene rings is 4. The van der Waals surface area contributed by atoms with Gasteiger partial charge in [0.2, 0.25) is 0 Å². The largest absolute Gasteiger partial charge is 0.422 e. The molecule has 8 rings (SSSR count). The molecule has 0 radical (unpaired) electrons. The summed E-state index contributed by atoms with van der Waals surface area (Å²) in [5, 5.41) is 12.5. The van der Waals surface area contributed by atoms with Gasteiger partial charge in [0.1, 0.15) is 16.8 Å². The highest BCUT2D eigenvalue weighted by molar-refractivity contribution is 5.83. The number of hydrogen-bond donors (Lipinski definition) is 1. The Balaban J connectivity index is 0.987. The summed E-state index contributed by atoms with van der Waals surface area (Å²) in [5.74, 6) is 0. The van der Waals surface area contributed by atoms with Crippen LogP contribution in [0.3, 0.4) is 0 Å². The highest BCUT2D eigenvalue weighted by Gasteiger charge is 2.75. The standard InChI is InChI=1S/C42H38O6/c1-26-3-11-30(12-4-26)35-23-32-15-7-28(21-37(32)46-39(35)43)9-17-34(48-42-20-19-41(42,45)25-42)18-10-29-8-16-33-24-36(40(44)47-38(33)22-29)31-13-5-27(2)6-14-31/h3-8,11-16,21-24,34,45H,9-10,17-20,25H2,1-2H3. The van der Waals surface area contributed by atoms with Gasteiger partial charge in [0, 0.05) is 17.2 Å². The van der Waals surface area contributed by atoms with Crippen LogP contribution in [-0.2, 0) is 17.6 Å². The average molecular weight is 639 g/mol. The van der Waals surface area contributed by atoms with Gasteiger partial charge in [-0.1, -0.05) is 83.9 Å². The van der Waals surface area contributed by atoms with E-state index in [0.29, 0.717) is 28.7 Å². The van der Waals surface area contributed by atoms with Crippen molar-refractivity contribution < 1.29 is 18.7 Å². The van der Waals surface area contributed by atoms with E-state index in [1.54, 1.807) is 0 Å². The Morgan fingerprint density at radius 1 is 0.667 bits per heavy atom. The first kappa shape index (κ1) is 30.5. The molecule has 6 heteroatoms. The van der Waals surface area contributed by atoms with Gasteiger partial charge in [-0.25, -0.2) is 9.59 Å². The van der Waals surface area contributed by atoms with Crippen molar-refractivity contribution in [3.63, 3.8) is 0 Å². The van der Waals surface area contributed by atoms with E-state index >= 15 is 0 Å². The Bertz CT molecular complexity index is 2130. The third-order valence-corrected chi connectivity index (χ3v) is 10.5. The van der Waals surface area contributed by atoms with Gasteiger partial charge in [-0.15, -0.1) is 0 Å². The minimum absolute atomic E-state index is 0.0717. The molecule has 6 nitrogen and oxygen atoms in total. The molecule has 1 N–H and O–H groups in total. The Morgan fingerprint density at radius 3 is 1.54 bits per heavy atom. The van der Waals surface area contributed by atoms with Crippen molar-refractivity contribution >= 4 is 21.9 Å². The molecule has 2 aliphatic carbocycles. The van der Waals surface area contributed by atoms with Crippen molar-refractivity contribution in [1.29, 1.82) is 0 Å². The Hall–Kier alpha value is -4.78. The maximum Gasteiger partial charge on any atom is 0.344 e. The molecule has 2 aromatic heterocycles. The van der Waals surface area contributed by atoms with E-state index in [4.69, 9.17) is 13.6 Å². The van der Waals surface area contributed by atoms with E-state index in [-0.39, 0.29) is 17.4 Å². The van der Waals surface area contributed by atoms with Gasteiger partial charge in [-0.05, 0) is 98.9 Å². The fourth-order valence-electron chi connectivity index (χ4n) is 7.24. The lowest BCUT2D eigenvalue weighted by Crippen LogP contribution is -2.41. The zero-order valence-electron chi connectivity index (χ0n) is 27.3. The number of hydrogen-bond acceptors (Lipinski definition) is 6. The fraction of sp³-hybridized carbons (Fsp3) is 0.286. The fourth-order valence-corrected chi connectivity index (χ4v) is 7.24. The molecule has 2 atom stereocenters. The molecule has 2 aliphatic rings. The van der Waals surface area contributed by atoms with Gasteiger partial charge in [0.05, 0.1) is 22.8 Å². The number of aliphatic hydroxyl groups is 1. The molecular weight excluding hydrogens is 600 g/mol. The first-order chi connectivity index (χ1) is 23.2. The van der Waals surface area contributed by atoms with Gasteiger partial charge in [0.25, 0.3) is 0 Å². The molecule has 0 bridgehead atoms. The SMILES string of the molecule is Cc1ccc(-c2cc3ccc(CCC(CCc4ccc5cc(-c6ccc(C)cc6)c(=O)oc5c4)OC45CCC4(O)C5)cc3oc2=O)cc1. The summed E-state index contributed by atoms with van der Waals surface area (Å²) < 4.78 is 18.2. The van der Waals surface area contributed by atoms with Crippen molar-refractivity contribution in [3.05, 3.63) is 140 Å². The van der Waals surface area contributed by atoms with Crippen LogP contribution in [0.4, 0.5) is 0 Å². The normalized spacial score (nSPS) is 19.8. The summed E-state index contributed by atoms with van der Waals surface area (Å²) in [6.07, 6.45) is 5.31. The van der Waals surface area contributed by atoms with Crippen LogP contribution >= 0.6 is 0 Å². The number of rotatable bonds is 10. The van der Waals surface area contributed by atoms with E-state index in [0.717, 1.165) is 82.7 Å². The smallest absolute Gasteiger partial charge is 0.344 e. The van der Waals surface area contributed by atoms with E-state index in [1.165, 1.54) is 0 Å².